The first-order chi connectivity index (χ1) is 14.8. The maximum Gasteiger partial charge on any atom is 0.338 e. The van der Waals surface area contributed by atoms with Gasteiger partial charge in [0.05, 0.1) is 17.1 Å². The lowest BCUT2D eigenvalue weighted by Gasteiger charge is -2.28. The van der Waals surface area contributed by atoms with Gasteiger partial charge in [-0.05, 0) is 36.4 Å². The molecule has 0 saturated carbocycles. The van der Waals surface area contributed by atoms with E-state index >= 15 is 0 Å². The number of carbonyl (C=O) groups is 1. The molecule has 31 heavy (non-hydrogen) atoms. The van der Waals surface area contributed by atoms with Crippen LogP contribution in [0.15, 0.2) is 76.1 Å². The number of hydrogen-bond acceptors (Lipinski definition) is 6. The number of fused-ring (bicyclic) bond motifs is 1. The molecule has 4 rings (SSSR count). The highest BCUT2D eigenvalue weighted by atomic mass is 79.9. The van der Waals surface area contributed by atoms with Crippen molar-refractivity contribution in [2.45, 2.75) is 24.4 Å². The highest BCUT2D eigenvalue weighted by molar-refractivity contribution is 9.10. The van der Waals surface area contributed by atoms with Gasteiger partial charge >= 0.3 is 5.97 Å². The summed E-state index contributed by atoms with van der Waals surface area (Å²) in [6, 6.07) is 19.0. The molecule has 8 heteroatoms. The molecule has 3 aromatic carbocycles. The molecule has 0 aromatic heterocycles. The van der Waals surface area contributed by atoms with Crippen LogP contribution in [0, 0.1) is 0 Å². The minimum atomic E-state index is -3.33. The number of benzene rings is 3. The molecule has 0 bridgehead atoms. The average Bonchev–Trinajstić information content (AvgIpc) is 2.77. The van der Waals surface area contributed by atoms with Gasteiger partial charge < -0.3 is 14.2 Å². The summed E-state index contributed by atoms with van der Waals surface area (Å²) < 4.78 is 41.4. The van der Waals surface area contributed by atoms with Crippen molar-refractivity contribution in [2.75, 3.05) is 6.26 Å². The number of halogens is 1. The minimum Gasteiger partial charge on any atom is -0.460 e. The van der Waals surface area contributed by atoms with Crippen molar-refractivity contribution in [2.24, 2.45) is 0 Å². The predicted octanol–water partition coefficient (Wildman–Crippen LogP) is 4.82. The van der Waals surface area contributed by atoms with Gasteiger partial charge in [-0.2, -0.15) is 0 Å². The molecule has 1 atom stereocenters. The van der Waals surface area contributed by atoms with Gasteiger partial charge in [-0.15, -0.1) is 0 Å². The smallest absolute Gasteiger partial charge is 0.338 e. The Morgan fingerprint density at radius 3 is 2.48 bits per heavy atom. The van der Waals surface area contributed by atoms with Gasteiger partial charge in [0.2, 0.25) is 6.29 Å². The average molecular weight is 503 g/mol. The Balaban J connectivity index is 1.52. The van der Waals surface area contributed by atoms with Gasteiger partial charge in [0.1, 0.15) is 12.4 Å². The summed E-state index contributed by atoms with van der Waals surface area (Å²) in [6.07, 6.45) is 0.566. The van der Waals surface area contributed by atoms with Gasteiger partial charge in [0, 0.05) is 27.4 Å². The molecule has 0 radical (unpaired) electrons. The fraction of sp³-hybridized carbons (Fsp3) is 0.174. The van der Waals surface area contributed by atoms with Crippen molar-refractivity contribution in [3.05, 3.63) is 93.5 Å². The second-order valence-corrected chi connectivity index (χ2v) is 10.0. The van der Waals surface area contributed by atoms with Crippen LogP contribution in [-0.2, 0) is 32.5 Å². The van der Waals surface area contributed by atoms with Crippen LogP contribution in [0.3, 0.4) is 0 Å². The van der Waals surface area contributed by atoms with Crippen molar-refractivity contribution in [1.29, 1.82) is 0 Å². The third-order valence-corrected chi connectivity index (χ3v) is 6.36. The van der Waals surface area contributed by atoms with E-state index in [9.17, 15) is 13.2 Å². The van der Waals surface area contributed by atoms with E-state index < -0.39 is 22.1 Å². The Morgan fingerprint density at radius 2 is 1.81 bits per heavy atom. The van der Waals surface area contributed by atoms with Crippen LogP contribution < -0.4 is 4.74 Å². The third-order valence-electron chi connectivity index (χ3n) is 4.77. The zero-order valence-corrected chi connectivity index (χ0v) is 19.0. The fourth-order valence-electron chi connectivity index (χ4n) is 3.22. The standard InChI is InChI=1S/C23H19BrO6S/c1-31(26,27)20-9-7-15(8-10-20)22(25)28-13-17-11-19(24)12-18-14-29-23(30-21(17)18)16-5-3-2-4-6-16/h2-12,23H,13-14H2,1H3. The number of esters is 1. The number of hydrogen-bond donors (Lipinski definition) is 0. The molecule has 160 valence electrons. The van der Waals surface area contributed by atoms with E-state index in [-0.39, 0.29) is 17.1 Å². The van der Waals surface area contributed by atoms with Crippen LogP contribution in [0.25, 0.3) is 0 Å². The zero-order valence-electron chi connectivity index (χ0n) is 16.6. The molecule has 0 aliphatic carbocycles. The summed E-state index contributed by atoms with van der Waals surface area (Å²) in [5.41, 5.74) is 2.72. The molecule has 0 fully saturated rings. The van der Waals surface area contributed by atoms with Crippen LogP contribution in [0.5, 0.6) is 5.75 Å². The van der Waals surface area contributed by atoms with Crippen LogP contribution >= 0.6 is 15.9 Å². The lowest BCUT2D eigenvalue weighted by molar-refractivity contribution is -0.112. The second-order valence-electron chi connectivity index (χ2n) is 7.10. The summed E-state index contributed by atoms with van der Waals surface area (Å²) >= 11 is 3.47. The molecule has 0 N–H and O–H groups in total. The van der Waals surface area contributed by atoms with E-state index in [1.54, 1.807) is 0 Å². The summed E-state index contributed by atoms with van der Waals surface area (Å²) in [5.74, 6) is 0.0731. The summed E-state index contributed by atoms with van der Waals surface area (Å²) in [4.78, 5) is 12.6. The molecule has 0 saturated heterocycles. The van der Waals surface area contributed by atoms with Crippen molar-refractivity contribution >= 4 is 31.7 Å². The van der Waals surface area contributed by atoms with E-state index in [4.69, 9.17) is 14.2 Å². The van der Waals surface area contributed by atoms with Crippen molar-refractivity contribution in [3.8, 4) is 5.75 Å². The Bertz CT molecular complexity index is 1210. The van der Waals surface area contributed by atoms with E-state index in [1.807, 2.05) is 42.5 Å². The summed E-state index contributed by atoms with van der Waals surface area (Å²) in [7, 11) is -3.33. The first-order valence-corrected chi connectivity index (χ1v) is 12.1. The lowest BCUT2D eigenvalue weighted by Crippen LogP contribution is -2.19. The Morgan fingerprint density at radius 1 is 1.10 bits per heavy atom. The topological polar surface area (TPSA) is 78.9 Å². The Kier molecular flexibility index (Phi) is 6.13. The van der Waals surface area contributed by atoms with Gasteiger partial charge in [0.25, 0.3) is 0 Å². The molecular weight excluding hydrogens is 484 g/mol. The fourth-order valence-corrected chi connectivity index (χ4v) is 4.41. The van der Waals surface area contributed by atoms with Gasteiger partial charge in [-0.3, -0.25) is 0 Å². The zero-order chi connectivity index (χ0) is 22.0. The molecule has 1 unspecified atom stereocenters. The SMILES string of the molecule is CS(=O)(=O)c1ccc(C(=O)OCc2cc(Br)cc3c2OC(c2ccccc2)OC3)cc1. The second kappa shape index (κ2) is 8.82. The van der Waals surface area contributed by atoms with E-state index in [1.165, 1.54) is 24.3 Å². The summed E-state index contributed by atoms with van der Waals surface area (Å²) in [5, 5.41) is 0. The summed E-state index contributed by atoms with van der Waals surface area (Å²) in [6.45, 7) is 0.359. The van der Waals surface area contributed by atoms with E-state index in [0.29, 0.717) is 17.9 Å². The third kappa shape index (κ3) is 4.98. The predicted molar refractivity (Wildman–Crippen MR) is 117 cm³/mol. The molecule has 1 heterocycles. The molecule has 1 aliphatic heterocycles. The lowest BCUT2D eigenvalue weighted by atomic mass is 10.1. The molecule has 0 amide bonds. The molecule has 6 nitrogen and oxygen atoms in total. The normalized spacial score (nSPS) is 15.6. The van der Waals surface area contributed by atoms with Crippen LogP contribution in [0.1, 0.15) is 33.3 Å². The van der Waals surface area contributed by atoms with Crippen LogP contribution in [0.4, 0.5) is 0 Å². The number of rotatable bonds is 5. The van der Waals surface area contributed by atoms with Gasteiger partial charge in [-0.1, -0.05) is 46.3 Å². The maximum absolute atomic E-state index is 12.5. The Labute approximate surface area is 188 Å². The number of ether oxygens (including phenoxy) is 3. The quantitative estimate of drug-likeness (QED) is 0.465. The van der Waals surface area contributed by atoms with E-state index in [2.05, 4.69) is 15.9 Å². The number of sulfone groups is 1. The molecule has 3 aromatic rings. The highest BCUT2D eigenvalue weighted by Crippen LogP contribution is 2.38. The molecule has 0 spiro atoms. The van der Waals surface area contributed by atoms with Crippen LogP contribution in [-0.4, -0.2) is 20.6 Å². The molecular formula is C23H19BrO6S. The first-order valence-electron chi connectivity index (χ1n) is 9.43. The largest absolute Gasteiger partial charge is 0.460 e. The van der Waals surface area contributed by atoms with Gasteiger partial charge in [-0.25, -0.2) is 13.2 Å². The van der Waals surface area contributed by atoms with E-state index in [0.717, 1.165) is 21.9 Å². The Hall–Kier alpha value is -2.68. The van der Waals surface area contributed by atoms with Crippen molar-refractivity contribution in [3.63, 3.8) is 0 Å². The highest BCUT2D eigenvalue weighted by Gasteiger charge is 2.25. The van der Waals surface area contributed by atoms with Crippen molar-refractivity contribution in [1.82, 2.24) is 0 Å². The first kappa shape index (κ1) is 21.5. The maximum atomic E-state index is 12.5. The molecule has 1 aliphatic rings. The van der Waals surface area contributed by atoms with Crippen molar-refractivity contribution < 1.29 is 27.4 Å². The number of carbonyl (C=O) groups excluding carboxylic acids is 1. The van der Waals surface area contributed by atoms with Gasteiger partial charge in [0.15, 0.2) is 9.84 Å². The van der Waals surface area contributed by atoms with Crippen LogP contribution in [0.2, 0.25) is 0 Å². The minimum absolute atomic E-state index is 0.00402. The monoisotopic (exact) mass is 502 g/mol.